The molecule has 1 fully saturated rings. The van der Waals surface area contributed by atoms with E-state index in [1.165, 1.54) is 0 Å². The molecule has 0 radical (unpaired) electrons. The quantitative estimate of drug-likeness (QED) is 0.796. The SMILES string of the molecule is CCCN1CC(C)(C)CN(C)C(CCN)C1=O. The third-order valence-corrected chi connectivity index (χ3v) is 3.36. The lowest BCUT2D eigenvalue weighted by Crippen LogP contribution is -2.45. The first-order chi connectivity index (χ1) is 7.91. The first kappa shape index (κ1) is 14.5. The number of likely N-dealkylation sites (N-methyl/N-ethyl adjacent to an activating group) is 1. The van der Waals surface area contributed by atoms with Gasteiger partial charge < -0.3 is 10.6 Å². The van der Waals surface area contributed by atoms with Crippen molar-refractivity contribution in [3.8, 4) is 0 Å². The first-order valence-corrected chi connectivity index (χ1v) is 6.60. The molecule has 0 saturated carbocycles. The molecule has 1 aliphatic rings. The minimum atomic E-state index is -0.0340. The lowest BCUT2D eigenvalue weighted by Gasteiger charge is -2.29. The van der Waals surface area contributed by atoms with Crippen molar-refractivity contribution >= 4 is 5.91 Å². The van der Waals surface area contributed by atoms with E-state index in [1.807, 2.05) is 11.9 Å². The summed E-state index contributed by atoms with van der Waals surface area (Å²) in [6.07, 6.45) is 1.77. The average Bonchev–Trinajstić information content (AvgIpc) is 2.29. The third kappa shape index (κ3) is 3.68. The van der Waals surface area contributed by atoms with E-state index >= 15 is 0 Å². The number of hydrogen-bond donors (Lipinski definition) is 1. The van der Waals surface area contributed by atoms with Gasteiger partial charge >= 0.3 is 0 Å². The van der Waals surface area contributed by atoms with Crippen LogP contribution in [0.3, 0.4) is 0 Å². The second-order valence-electron chi connectivity index (χ2n) is 5.93. The Labute approximate surface area is 105 Å². The molecule has 1 heterocycles. The van der Waals surface area contributed by atoms with Gasteiger partial charge in [0.05, 0.1) is 6.04 Å². The average molecular weight is 241 g/mol. The van der Waals surface area contributed by atoms with Crippen molar-refractivity contribution in [1.29, 1.82) is 0 Å². The summed E-state index contributed by atoms with van der Waals surface area (Å²) in [6.45, 7) is 9.80. The van der Waals surface area contributed by atoms with Crippen molar-refractivity contribution in [2.24, 2.45) is 11.1 Å². The third-order valence-electron chi connectivity index (χ3n) is 3.36. The van der Waals surface area contributed by atoms with E-state index in [-0.39, 0.29) is 17.4 Å². The summed E-state index contributed by atoms with van der Waals surface area (Å²) in [5.41, 5.74) is 5.78. The Bertz CT molecular complexity index is 265. The van der Waals surface area contributed by atoms with Crippen molar-refractivity contribution in [1.82, 2.24) is 9.80 Å². The van der Waals surface area contributed by atoms with E-state index in [0.29, 0.717) is 6.54 Å². The minimum Gasteiger partial charge on any atom is -0.341 e. The van der Waals surface area contributed by atoms with Crippen LogP contribution in [0.5, 0.6) is 0 Å². The van der Waals surface area contributed by atoms with Gasteiger partial charge in [-0.25, -0.2) is 0 Å². The Kier molecular flexibility index (Phi) is 4.95. The fourth-order valence-electron chi connectivity index (χ4n) is 2.79. The van der Waals surface area contributed by atoms with Crippen LogP contribution in [0.2, 0.25) is 0 Å². The van der Waals surface area contributed by atoms with Gasteiger partial charge in [0.1, 0.15) is 0 Å². The van der Waals surface area contributed by atoms with Gasteiger partial charge in [0.25, 0.3) is 0 Å². The van der Waals surface area contributed by atoms with Crippen LogP contribution in [0.4, 0.5) is 0 Å². The Morgan fingerprint density at radius 2 is 2.06 bits per heavy atom. The van der Waals surface area contributed by atoms with Gasteiger partial charge in [-0.1, -0.05) is 20.8 Å². The van der Waals surface area contributed by atoms with E-state index < -0.39 is 0 Å². The fraction of sp³-hybridized carbons (Fsp3) is 0.923. The Morgan fingerprint density at radius 1 is 1.41 bits per heavy atom. The normalized spacial score (nSPS) is 26.1. The molecule has 1 aliphatic heterocycles. The minimum absolute atomic E-state index is 0.0340. The van der Waals surface area contributed by atoms with Crippen molar-refractivity contribution in [3.63, 3.8) is 0 Å². The summed E-state index contributed by atoms with van der Waals surface area (Å²) in [7, 11) is 2.04. The fourth-order valence-corrected chi connectivity index (χ4v) is 2.79. The summed E-state index contributed by atoms with van der Waals surface area (Å²) >= 11 is 0. The molecule has 0 aromatic heterocycles. The van der Waals surface area contributed by atoms with Crippen LogP contribution in [-0.2, 0) is 4.79 Å². The molecule has 0 aromatic rings. The topological polar surface area (TPSA) is 49.6 Å². The molecule has 0 aromatic carbocycles. The molecular formula is C13H27N3O. The van der Waals surface area contributed by atoms with Crippen LogP contribution in [0.1, 0.15) is 33.6 Å². The van der Waals surface area contributed by atoms with E-state index in [4.69, 9.17) is 5.73 Å². The molecule has 17 heavy (non-hydrogen) atoms. The van der Waals surface area contributed by atoms with Crippen LogP contribution in [0.25, 0.3) is 0 Å². The lowest BCUT2D eigenvalue weighted by atomic mass is 9.92. The molecule has 0 bridgehead atoms. The maximum atomic E-state index is 12.5. The molecule has 1 rings (SSSR count). The van der Waals surface area contributed by atoms with Crippen LogP contribution in [-0.4, -0.2) is 55.0 Å². The zero-order chi connectivity index (χ0) is 13.1. The molecule has 1 saturated heterocycles. The van der Waals surface area contributed by atoms with Gasteiger partial charge in [-0.2, -0.15) is 0 Å². The Morgan fingerprint density at radius 3 is 2.59 bits per heavy atom. The second kappa shape index (κ2) is 5.83. The zero-order valence-corrected chi connectivity index (χ0v) is 11.7. The predicted molar refractivity (Wildman–Crippen MR) is 70.7 cm³/mol. The van der Waals surface area contributed by atoms with E-state index in [0.717, 1.165) is 32.5 Å². The van der Waals surface area contributed by atoms with Crippen LogP contribution in [0.15, 0.2) is 0 Å². The van der Waals surface area contributed by atoms with Gasteiger partial charge in [-0.05, 0) is 31.8 Å². The standard InChI is InChI=1S/C13H27N3O/c1-5-8-16-10-13(2,3)9-15(4)11(6-7-14)12(16)17/h11H,5-10,14H2,1-4H3. The van der Waals surface area contributed by atoms with E-state index in [1.54, 1.807) is 0 Å². The van der Waals surface area contributed by atoms with Gasteiger partial charge in [-0.15, -0.1) is 0 Å². The molecule has 1 unspecified atom stereocenters. The number of carbonyl (C=O) groups is 1. The highest BCUT2D eigenvalue weighted by atomic mass is 16.2. The van der Waals surface area contributed by atoms with Crippen molar-refractivity contribution in [2.75, 3.05) is 33.2 Å². The van der Waals surface area contributed by atoms with Crippen molar-refractivity contribution in [2.45, 2.75) is 39.7 Å². The second-order valence-corrected chi connectivity index (χ2v) is 5.93. The Hall–Kier alpha value is -0.610. The summed E-state index contributed by atoms with van der Waals surface area (Å²) in [4.78, 5) is 16.6. The maximum absolute atomic E-state index is 12.5. The van der Waals surface area contributed by atoms with Gasteiger partial charge in [0.15, 0.2) is 0 Å². The molecule has 1 amide bonds. The van der Waals surface area contributed by atoms with Crippen LogP contribution >= 0.6 is 0 Å². The largest absolute Gasteiger partial charge is 0.341 e. The molecular weight excluding hydrogens is 214 g/mol. The zero-order valence-electron chi connectivity index (χ0n) is 11.7. The monoisotopic (exact) mass is 241 g/mol. The molecule has 100 valence electrons. The molecule has 4 heteroatoms. The van der Waals surface area contributed by atoms with E-state index in [9.17, 15) is 4.79 Å². The number of nitrogens with zero attached hydrogens (tertiary/aromatic N) is 2. The summed E-state index contributed by atoms with van der Waals surface area (Å²) < 4.78 is 0. The number of amides is 1. The predicted octanol–water partition coefficient (Wildman–Crippen LogP) is 0.914. The smallest absolute Gasteiger partial charge is 0.239 e. The summed E-state index contributed by atoms with van der Waals surface area (Å²) in [5.74, 6) is 0.255. The van der Waals surface area contributed by atoms with Gasteiger partial charge in [0.2, 0.25) is 5.91 Å². The summed E-state index contributed by atoms with van der Waals surface area (Å²) in [6, 6.07) is -0.0340. The molecule has 2 N–H and O–H groups in total. The molecule has 1 atom stereocenters. The Balaban J connectivity index is 2.89. The molecule has 0 spiro atoms. The van der Waals surface area contributed by atoms with Crippen LogP contribution in [0, 0.1) is 5.41 Å². The number of hydrogen-bond acceptors (Lipinski definition) is 3. The lowest BCUT2D eigenvalue weighted by molar-refractivity contribution is -0.135. The summed E-state index contributed by atoms with van der Waals surface area (Å²) in [5, 5.41) is 0. The van der Waals surface area contributed by atoms with Crippen molar-refractivity contribution < 1.29 is 4.79 Å². The highest BCUT2D eigenvalue weighted by molar-refractivity contribution is 5.82. The molecule has 4 nitrogen and oxygen atoms in total. The van der Waals surface area contributed by atoms with Crippen LogP contribution < -0.4 is 5.73 Å². The number of carbonyl (C=O) groups excluding carboxylic acids is 1. The highest BCUT2D eigenvalue weighted by Crippen LogP contribution is 2.25. The first-order valence-electron chi connectivity index (χ1n) is 6.60. The van der Waals surface area contributed by atoms with Gasteiger partial charge in [-0.3, -0.25) is 9.69 Å². The molecule has 0 aliphatic carbocycles. The number of nitrogens with two attached hydrogens (primary N) is 1. The maximum Gasteiger partial charge on any atom is 0.239 e. The number of rotatable bonds is 4. The van der Waals surface area contributed by atoms with E-state index in [2.05, 4.69) is 25.7 Å². The van der Waals surface area contributed by atoms with Crippen molar-refractivity contribution in [3.05, 3.63) is 0 Å². The van der Waals surface area contributed by atoms with Gasteiger partial charge in [0, 0.05) is 19.6 Å². The highest BCUT2D eigenvalue weighted by Gasteiger charge is 2.36.